The average molecular weight is 1300 g/mol. The molecule has 0 heterocycles. The van der Waals surface area contributed by atoms with Gasteiger partial charge in [-0.25, -0.2) is 4.39 Å². The van der Waals surface area contributed by atoms with Gasteiger partial charge in [-0.05, 0) is 182 Å². The third-order valence-electron chi connectivity index (χ3n) is 18.8. The van der Waals surface area contributed by atoms with Gasteiger partial charge in [0.1, 0.15) is 98.9 Å². The number of aromatic hydroxyl groups is 1. The molecule has 4 aliphatic carbocycles. The highest BCUT2D eigenvalue weighted by Gasteiger charge is 2.52. The second kappa shape index (κ2) is 36.4. The minimum absolute atomic E-state index is 0.0605. The number of carbonyl (C=O) groups is 2. The van der Waals surface area contributed by atoms with Crippen molar-refractivity contribution < 1.29 is 87.6 Å². The molecular weight excluding hydrogens is 1200 g/mol. The number of rotatable bonds is 32. The van der Waals surface area contributed by atoms with Gasteiger partial charge in [0.15, 0.2) is 0 Å². The minimum Gasteiger partial charge on any atom is -0.507 e. The summed E-state index contributed by atoms with van der Waals surface area (Å²) in [6, 6.07) is 30.8. The molecule has 18 heteroatoms. The zero-order valence-electron chi connectivity index (χ0n) is 56.1. The van der Waals surface area contributed by atoms with Gasteiger partial charge < -0.3 is 73.6 Å². The van der Waals surface area contributed by atoms with E-state index in [0.29, 0.717) is 59.3 Å². The van der Waals surface area contributed by atoms with Crippen LogP contribution in [-0.4, -0.2) is 87.3 Å². The van der Waals surface area contributed by atoms with E-state index in [1.54, 1.807) is 0 Å². The fraction of sp³-hybridized carbons (Fsp3) is 0.500. The summed E-state index contributed by atoms with van der Waals surface area (Å²) < 4.78 is 58.9. The molecule has 3 unspecified atom stereocenters. The zero-order valence-corrected chi connectivity index (χ0v) is 56.1. The maximum absolute atomic E-state index is 14.0. The summed E-state index contributed by atoms with van der Waals surface area (Å²) in [5.74, 6) is 5.49. The molecule has 7 N–H and O–H groups in total. The van der Waals surface area contributed by atoms with Crippen LogP contribution in [0.1, 0.15) is 198 Å². The molecule has 0 amide bonds. The van der Waals surface area contributed by atoms with Crippen molar-refractivity contribution in [1.82, 2.24) is 0 Å². The van der Waals surface area contributed by atoms with Crippen LogP contribution in [0.3, 0.4) is 0 Å². The molecule has 0 aliphatic heterocycles. The average Bonchev–Trinajstić information content (AvgIpc) is 0.735. The van der Waals surface area contributed by atoms with E-state index in [2.05, 4.69) is 65.8 Å². The van der Waals surface area contributed by atoms with E-state index in [1.165, 1.54) is 86.8 Å². The Kier molecular flexibility index (Phi) is 28.7. The number of phenols is 1. The fourth-order valence-corrected chi connectivity index (χ4v) is 13.5. The SMILES string of the molecule is CCC(C)c1ccc(OCCOc2c(CO)c(CO)c(O)c(CO)c2CO)cc1.CCC(C)c1ccc(OCCOc2c(CO)cc(C34CC5CC(CC(C5)C3)C4)cc2CO)cc1.CCC(C)c1ccc(OCCOc2c(COC(C)=O)cc(F)cc2COC(C)=O)cc1. The van der Waals surface area contributed by atoms with Gasteiger partial charge in [-0.1, -0.05) is 77.9 Å². The Balaban J connectivity index is 0.000000200. The van der Waals surface area contributed by atoms with E-state index in [4.69, 9.17) is 37.9 Å². The quantitative estimate of drug-likeness (QED) is 0.0153. The van der Waals surface area contributed by atoms with Gasteiger partial charge in [0.05, 0.1) is 39.6 Å². The van der Waals surface area contributed by atoms with Crippen LogP contribution in [0.2, 0.25) is 0 Å². The fourth-order valence-electron chi connectivity index (χ4n) is 13.5. The molecule has 0 radical (unpaired) electrons. The highest BCUT2D eigenvalue weighted by atomic mass is 19.1. The predicted molar refractivity (Wildman–Crippen MR) is 356 cm³/mol. The molecule has 0 saturated heterocycles. The molecule has 512 valence electrons. The van der Waals surface area contributed by atoms with Crippen LogP contribution in [0.5, 0.6) is 40.2 Å². The number of aliphatic hydroxyl groups is 6. The molecule has 0 aromatic heterocycles. The molecule has 0 spiro atoms. The Morgan fingerprint density at radius 3 is 1.05 bits per heavy atom. The van der Waals surface area contributed by atoms with Gasteiger partial charge in [0.2, 0.25) is 0 Å². The van der Waals surface area contributed by atoms with Gasteiger partial charge in [-0.2, -0.15) is 0 Å². The second-order valence-electron chi connectivity index (χ2n) is 25.2. The lowest BCUT2D eigenvalue weighted by molar-refractivity contribution is -0.142. The summed E-state index contributed by atoms with van der Waals surface area (Å²) in [6.45, 7) is 14.5. The molecular formula is C76H99FO17. The van der Waals surface area contributed by atoms with Crippen molar-refractivity contribution >= 4 is 11.9 Å². The maximum Gasteiger partial charge on any atom is 0.302 e. The Hall–Kier alpha value is -7.45. The zero-order chi connectivity index (χ0) is 67.9. The first-order chi connectivity index (χ1) is 45.3. The van der Waals surface area contributed by atoms with Crippen molar-refractivity contribution in [3.05, 3.63) is 170 Å². The largest absolute Gasteiger partial charge is 0.507 e. The highest BCUT2D eigenvalue weighted by molar-refractivity contribution is 5.67. The van der Waals surface area contributed by atoms with Crippen LogP contribution in [0, 0.1) is 23.6 Å². The van der Waals surface area contributed by atoms with Gasteiger partial charge in [-0.3, -0.25) is 9.59 Å². The number of benzene rings is 6. The van der Waals surface area contributed by atoms with E-state index in [-0.39, 0.29) is 92.0 Å². The Morgan fingerprint density at radius 1 is 0.447 bits per heavy atom. The molecule has 4 saturated carbocycles. The van der Waals surface area contributed by atoms with Crippen molar-refractivity contribution in [2.75, 3.05) is 39.6 Å². The van der Waals surface area contributed by atoms with Crippen LogP contribution in [0.15, 0.2) is 97.1 Å². The molecule has 3 atom stereocenters. The summed E-state index contributed by atoms with van der Waals surface area (Å²) >= 11 is 0. The first-order valence-electron chi connectivity index (χ1n) is 33.2. The number of hydrogen-bond acceptors (Lipinski definition) is 17. The highest BCUT2D eigenvalue weighted by Crippen LogP contribution is 2.61. The normalized spacial score (nSPS) is 17.7. The number of aliphatic hydroxyl groups excluding tert-OH is 6. The van der Waals surface area contributed by atoms with Crippen molar-refractivity contribution in [2.45, 2.75) is 189 Å². The molecule has 10 rings (SSSR count). The topological polar surface area (TPSA) is 250 Å². The van der Waals surface area contributed by atoms with Gasteiger partial charge >= 0.3 is 11.9 Å². The molecule has 4 bridgehead atoms. The smallest absolute Gasteiger partial charge is 0.302 e. The first kappa shape index (κ1) is 74.0. The van der Waals surface area contributed by atoms with Gasteiger partial charge in [0.25, 0.3) is 0 Å². The van der Waals surface area contributed by atoms with E-state index in [1.807, 2.05) is 60.7 Å². The number of ether oxygens (including phenoxy) is 8. The third-order valence-corrected chi connectivity index (χ3v) is 18.8. The van der Waals surface area contributed by atoms with Crippen LogP contribution in [0.4, 0.5) is 4.39 Å². The summed E-state index contributed by atoms with van der Waals surface area (Å²) in [6.07, 6.45) is 11.2. The summed E-state index contributed by atoms with van der Waals surface area (Å²) in [5, 5.41) is 69.0. The summed E-state index contributed by atoms with van der Waals surface area (Å²) in [5.41, 5.74) is 8.08. The monoisotopic (exact) mass is 1300 g/mol. The van der Waals surface area contributed by atoms with Crippen molar-refractivity contribution in [3.8, 4) is 40.2 Å². The van der Waals surface area contributed by atoms with Gasteiger partial charge in [0, 0.05) is 58.4 Å². The van der Waals surface area contributed by atoms with Crippen LogP contribution in [0.25, 0.3) is 0 Å². The Morgan fingerprint density at radius 2 is 0.755 bits per heavy atom. The summed E-state index contributed by atoms with van der Waals surface area (Å²) in [4.78, 5) is 22.3. The maximum atomic E-state index is 14.0. The molecule has 17 nitrogen and oxygen atoms in total. The van der Waals surface area contributed by atoms with Crippen LogP contribution < -0.4 is 28.4 Å². The van der Waals surface area contributed by atoms with E-state index in [9.17, 15) is 49.7 Å². The van der Waals surface area contributed by atoms with E-state index < -0.39 is 44.2 Å². The molecule has 4 aliphatic rings. The number of halogens is 1. The van der Waals surface area contributed by atoms with Gasteiger partial charge in [-0.15, -0.1) is 0 Å². The molecule has 4 fully saturated rings. The number of esters is 2. The molecule has 6 aromatic carbocycles. The van der Waals surface area contributed by atoms with E-state index in [0.717, 1.165) is 59.6 Å². The van der Waals surface area contributed by atoms with Crippen molar-refractivity contribution in [2.24, 2.45) is 17.8 Å². The van der Waals surface area contributed by atoms with Crippen molar-refractivity contribution in [1.29, 1.82) is 0 Å². The number of hydrogen-bond donors (Lipinski definition) is 7. The molecule has 6 aromatic rings. The number of carbonyl (C=O) groups excluding carboxylic acids is 2. The second-order valence-corrected chi connectivity index (χ2v) is 25.2. The summed E-state index contributed by atoms with van der Waals surface area (Å²) in [7, 11) is 0. The lowest BCUT2D eigenvalue weighted by atomic mass is 9.48. The Bertz CT molecular complexity index is 3220. The third kappa shape index (κ3) is 19.8. The Labute approximate surface area is 553 Å². The standard InChI is InChI=1S/C30H40O4.C24H29FO6.C22H30O7/c1-3-20(2)24-4-6-28(7-5-24)33-8-9-34-29-25(18-31)13-27(14-26(29)19-32)30-15-21-10-22(16-30)12-23(11-21)17-30;1-5-16(2)19-6-8-23(9-7-19)28-10-11-29-24-20(14-30-17(3)26)12-22(25)13-21(24)15-31-18(4)27;1-3-14(2)15-4-6-16(7-5-15)28-8-9-29-22-19(12-25)17(10-23)21(27)18(11-24)20(22)13-26/h4-7,13-14,20-23,31-32H,3,8-12,15-19H2,1-2H3;6-9,12-13,16H,5,10-11,14-15H2,1-4H3;4-7,14,23-27H,3,8-13H2,1-2H3. The van der Waals surface area contributed by atoms with Crippen LogP contribution >= 0.6 is 0 Å². The van der Waals surface area contributed by atoms with Crippen molar-refractivity contribution in [3.63, 3.8) is 0 Å². The first-order valence-corrected chi connectivity index (χ1v) is 33.2. The van der Waals surface area contributed by atoms with E-state index >= 15 is 0 Å². The predicted octanol–water partition coefficient (Wildman–Crippen LogP) is 13.4. The minimum atomic E-state index is -0.547. The van der Waals surface area contributed by atoms with Crippen LogP contribution in [-0.2, 0) is 77.3 Å². The lowest BCUT2D eigenvalue weighted by Crippen LogP contribution is -2.48. The lowest BCUT2D eigenvalue weighted by Gasteiger charge is -2.57. The molecule has 94 heavy (non-hydrogen) atoms.